The molecule has 21 heteroatoms. The van der Waals surface area contributed by atoms with Crippen molar-refractivity contribution >= 4 is 47.3 Å². The van der Waals surface area contributed by atoms with Crippen molar-refractivity contribution in [2.75, 3.05) is 26.4 Å². The van der Waals surface area contributed by atoms with Gasteiger partial charge in [0, 0.05) is 19.4 Å². The van der Waals surface area contributed by atoms with Crippen LogP contribution in [0.25, 0.3) is 0 Å². The van der Waals surface area contributed by atoms with E-state index in [2.05, 4.69) is 31.9 Å². The van der Waals surface area contributed by atoms with E-state index in [1.54, 1.807) is 30.3 Å². The Labute approximate surface area is 310 Å². The Kier molecular flexibility index (Phi) is 19.1. The molecule has 1 heterocycles. The molecule has 1 saturated heterocycles. The standard InChI is InChI=1S/C33H51N9O12/c1-17(46)26-33(54)41-24(16-45)32(53)42-30(51)20(37-22(14-43)28(35)49)10-11-25(47)36-12-6-5-9-19(38-26)29(50)40-23(15-44)31(52)39-21(27(34)48)13-18-7-3-2-4-8-18/h2-4,7-8,17,19-24,26,37-38,43-46H,5-6,9-16H2,1H3,(H2,34,48)(H2,35,49)(H,36,47)(H,39,52)(H,40,50)(H,41,54)(H,42,51,53)/t17-,19?,20?,21+,22+,23+,24+,26+/m1/s1. The van der Waals surface area contributed by atoms with E-state index in [1.807, 2.05) is 5.32 Å². The van der Waals surface area contributed by atoms with Crippen LogP contribution in [0.4, 0.5) is 0 Å². The Morgan fingerprint density at radius 1 is 0.852 bits per heavy atom. The van der Waals surface area contributed by atoms with E-state index in [0.717, 1.165) is 0 Å². The SMILES string of the molecule is C[C@@H](O)[C@@H]1NC(C(=O)N[C@@H](CO)C(=O)N[C@@H](Cc2ccccc2)C(N)=O)CCCCNC(=O)CCC(N[C@@H](CO)C(N)=O)C(=O)NC(=O)[C@H](CO)NC1=O. The van der Waals surface area contributed by atoms with Crippen molar-refractivity contribution in [3.8, 4) is 0 Å². The molecule has 1 aliphatic heterocycles. The van der Waals surface area contributed by atoms with Gasteiger partial charge in [-0.05, 0) is 38.2 Å². The summed E-state index contributed by atoms with van der Waals surface area (Å²) in [6.45, 7) is -1.46. The first-order chi connectivity index (χ1) is 25.6. The van der Waals surface area contributed by atoms with Gasteiger partial charge < -0.3 is 53.2 Å². The molecule has 0 saturated carbocycles. The number of nitrogens with two attached hydrogens (primary N) is 2. The number of hydrogen-bond acceptors (Lipinski definition) is 14. The fraction of sp³-hybridized carbons (Fsp3) is 0.576. The van der Waals surface area contributed by atoms with E-state index in [-0.39, 0.29) is 45.1 Å². The van der Waals surface area contributed by atoms with E-state index >= 15 is 0 Å². The molecule has 54 heavy (non-hydrogen) atoms. The molecule has 0 spiro atoms. The third kappa shape index (κ3) is 14.8. The lowest BCUT2D eigenvalue weighted by atomic mass is 10.0. The molecular formula is C33H51N9O12. The summed E-state index contributed by atoms with van der Waals surface area (Å²) in [7, 11) is 0. The van der Waals surface area contributed by atoms with Gasteiger partial charge in [-0.3, -0.25) is 54.3 Å². The Morgan fingerprint density at radius 3 is 2.07 bits per heavy atom. The summed E-state index contributed by atoms with van der Waals surface area (Å²) in [6, 6.07) is -1.70. The second-order valence-corrected chi connectivity index (χ2v) is 12.7. The zero-order valence-electron chi connectivity index (χ0n) is 29.8. The molecule has 1 aromatic carbocycles. The third-order valence-corrected chi connectivity index (χ3v) is 8.43. The molecule has 1 fully saturated rings. The highest BCUT2D eigenvalue weighted by molar-refractivity contribution is 6.02. The predicted octanol–water partition coefficient (Wildman–Crippen LogP) is -6.61. The Balaban J connectivity index is 2.30. The molecule has 1 aliphatic rings. The van der Waals surface area contributed by atoms with Crippen LogP contribution in [0.1, 0.15) is 44.6 Å². The van der Waals surface area contributed by atoms with Crippen LogP contribution in [0.15, 0.2) is 30.3 Å². The molecule has 8 atom stereocenters. The molecule has 8 amide bonds. The largest absolute Gasteiger partial charge is 0.394 e. The summed E-state index contributed by atoms with van der Waals surface area (Å²) in [6.07, 6.45) is -1.60. The topological polar surface area (TPSA) is 354 Å². The van der Waals surface area contributed by atoms with Crippen LogP contribution < -0.4 is 48.7 Å². The van der Waals surface area contributed by atoms with Gasteiger partial charge >= 0.3 is 0 Å². The fourth-order valence-corrected chi connectivity index (χ4v) is 5.33. The molecular weight excluding hydrogens is 714 g/mol. The van der Waals surface area contributed by atoms with E-state index in [1.165, 1.54) is 6.92 Å². The van der Waals surface area contributed by atoms with Crippen molar-refractivity contribution in [2.24, 2.45) is 11.5 Å². The van der Waals surface area contributed by atoms with Crippen molar-refractivity contribution in [3.63, 3.8) is 0 Å². The van der Waals surface area contributed by atoms with E-state index in [0.29, 0.717) is 5.56 Å². The van der Waals surface area contributed by atoms with Gasteiger partial charge in [0.2, 0.25) is 41.4 Å². The van der Waals surface area contributed by atoms with Gasteiger partial charge in [0.05, 0.1) is 38.0 Å². The first-order valence-corrected chi connectivity index (χ1v) is 17.3. The summed E-state index contributed by atoms with van der Waals surface area (Å²) in [5.74, 6) is -7.63. The van der Waals surface area contributed by atoms with Crippen molar-refractivity contribution in [3.05, 3.63) is 35.9 Å². The van der Waals surface area contributed by atoms with Crippen LogP contribution in [0, 0.1) is 0 Å². The number of imide groups is 1. The van der Waals surface area contributed by atoms with Crippen LogP contribution in [0.5, 0.6) is 0 Å². The van der Waals surface area contributed by atoms with E-state index in [4.69, 9.17) is 11.5 Å². The maximum atomic E-state index is 13.6. The zero-order valence-corrected chi connectivity index (χ0v) is 29.8. The first kappa shape index (κ1) is 45.1. The van der Waals surface area contributed by atoms with Crippen molar-refractivity contribution in [2.45, 2.75) is 93.8 Å². The molecule has 0 aliphatic carbocycles. The number of hydrogen-bond donors (Lipinski definition) is 13. The van der Waals surface area contributed by atoms with E-state index in [9.17, 15) is 58.8 Å². The van der Waals surface area contributed by atoms with Gasteiger partial charge in [-0.1, -0.05) is 30.3 Å². The highest BCUT2D eigenvalue weighted by Crippen LogP contribution is 2.09. The van der Waals surface area contributed by atoms with Crippen LogP contribution >= 0.6 is 0 Å². The van der Waals surface area contributed by atoms with Crippen LogP contribution in [0.3, 0.4) is 0 Å². The van der Waals surface area contributed by atoms with Crippen molar-refractivity contribution in [1.82, 2.24) is 37.2 Å². The number of benzene rings is 1. The van der Waals surface area contributed by atoms with Crippen LogP contribution in [0.2, 0.25) is 0 Å². The summed E-state index contributed by atoms with van der Waals surface area (Å²) in [5, 5.41) is 56.7. The Bertz CT molecular complexity index is 1470. The van der Waals surface area contributed by atoms with Gasteiger partial charge in [0.1, 0.15) is 30.2 Å². The number of nitrogens with one attached hydrogen (secondary N) is 7. The molecule has 0 radical (unpaired) electrons. The van der Waals surface area contributed by atoms with E-state index < -0.39 is 115 Å². The fourth-order valence-electron chi connectivity index (χ4n) is 5.33. The highest BCUT2D eigenvalue weighted by Gasteiger charge is 2.35. The highest BCUT2D eigenvalue weighted by atomic mass is 16.3. The maximum absolute atomic E-state index is 13.6. The second-order valence-electron chi connectivity index (χ2n) is 12.7. The molecule has 0 bridgehead atoms. The molecule has 2 unspecified atom stereocenters. The number of amides is 8. The summed E-state index contributed by atoms with van der Waals surface area (Å²) in [4.78, 5) is 102. The van der Waals surface area contributed by atoms with Gasteiger partial charge in [-0.2, -0.15) is 0 Å². The molecule has 300 valence electrons. The number of carbonyl (C=O) groups excluding carboxylic acids is 8. The molecule has 15 N–H and O–H groups in total. The van der Waals surface area contributed by atoms with Crippen LogP contribution in [-0.4, -0.2) is 142 Å². The lowest BCUT2D eigenvalue weighted by molar-refractivity contribution is -0.138. The average molecular weight is 766 g/mol. The molecule has 0 aromatic heterocycles. The number of carbonyl (C=O) groups is 8. The molecule has 21 nitrogen and oxygen atoms in total. The minimum atomic E-state index is -1.78. The first-order valence-electron chi connectivity index (χ1n) is 17.3. The molecule has 2 rings (SSSR count). The minimum Gasteiger partial charge on any atom is -0.394 e. The smallest absolute Gasteiger partial charge is 0.251 e. The quantitative estimate of drug-likeness (QED) is 0.0784. The van der Waals surface area contributed by atoms with Gasteiger partial charge in [-0.15, -0.1) is 0 Å². The van der Waals surface area contributed by atoms with Crippen LogP contribution in [-0.2, 0) is 44.8 Å². The summed E-state index contributed by atoms with van der Waals surface area (Å²) >= 11 is 0. The monoisotopic (exact) mass is 765 g/mol. The van der Waals surface area contributed by atoms with Gasteiger partial charge in [-0.25, -0.2) is 0 Å². The maximum Gasteiger partial charge on any atom is 0.251 e. The number of primary amides is 2. The number of aliphatic hydroxyl groups is 4. The lowest BCUT2D eigenvalue weighted by Gasteiger charge is -2.29. The Hall–Kier alpha value is -5.06. The number of rotatable bonds is 14. The van der Waals surface area contributed by atoms with Gasteiger partial charge in [0.25, 0.3) is 5.91 Å². The normalized spacial score (nSPS) is 23.1. The third-order valence-electron chi connectivity index (χ3n) is 8.43. The average Bonchev–Trinajstić information content (AvgIpc) is 3.12. The molecule has 1 aromatic rings. The summed E-state index contributed by atoms with van der Waals surface area (Å²) < 4.78 is 0. The van der Waals surface area contributed by atoms with Crippen molar-refractivity contribution in [1.29, 1.82) is 0 Å². The number of aliphatic hydroxyl groups excluding tert-OH is 4. The summed E-state index contributed by atoms with van der Waals surface area (Å²) in [5.41, 5.74) is 11.4. The van der Waals surface area contributed by atoms with Crippen molar-refractivity contribution < 1.29 is 58.8 Å². The zero-order chi connectivity index (χ0) is 40.4. The Morgan fingerprint density at radius 2 is 1.50 bits per heavy atom. The van der Waals surface area contributed by atoms with Gasteiger partial charge in [0.15, 0.2) is 0 Å². The second kappa shape index (κ2) is 22.9. The minimum absolute atomic E-state index is 0.0257. The predicted molar refractivity (Wildman–Crippen MR) is 188 cm³/mol. The lowest BCUT2D eigenvalue weighted by Crippen LogP contribution is -2.63.